The Labute approximate surface area is 88.4 Å². The summed E-state index contributed by atoms with van der Waals surface area (Å²) in [6, 6.07) is 0.700. The van der Waals surface area contributed by atoms with Crippen LogP contribution in [0.4, 0.5) is 0 Å². The van der Waals surface area contributed by atoms with E-state index in [0.717, 1.165) is 12.5 Å². The Kier molecular flexibility index (Phi) is 5.49. The van der Waals surface area contributed by atoms with Gasteiger partial charge in [-0.05, 0) is 45.1 Å². The zero-order chi connectivity index (χ0) is 10.4. The Balaban J connectivity index is 2.00. The first-order chi connectivity index (χ1) is 6.68. The Morgan fingerprint density at radius 2 is 2.21 bits per heavy atom. The summed E-state index contributed by atoms with van der Waals surface area (Å²) in [7, 11) is 0. The van der Waals surface area contributed by atoms with Crippen molar-refractivity contribution in [2.75, 3.05) is 13.2 Å². The zero-order valence-electron chi connectivity index (χ0n) is 9.88. The van der Waals surface area contributed by atoms with E-state index in [4.69, 9.17) is 4.74 Å². The summed E-state index contributed by atoms with van der Waals surface area (Å²) < 4.78 is 5.51. The van der Waals surface area contributed by atoms with Crippen LogP contribution in [-0.4, -0.2) is 25.3 Å². The van der Waals surface area contributed by atoms with E-state index >= 15 is 0 Å². The maximum atomic E-state index is 5.51. The second-order valence-electron chi connectivity index (χ2n) is 4.89. The molecule has 1 aliphatic rings. The molecular formula is C12H25NO. The first-order valence-corrected chi connectivity index (χ1v) is 6.03. The van der Waals surface area contributed by atoms with Crippen LogP contribution in [0.25, 0.3) is 0 Å². The fourth-order valence-corrected chi connectivity index (χ4v) is 2.00. The van der Waals surface area contributed by atoms with Crippen LogP contribution >= 0.6 is 0 Å². The first kappa shape index (κ1) is 12.0. The first-order valence-electron chi connectivity index (χ1n) is 6.03. The molecule has 2 nitrogen and oxygen atoms in total. The normalized spacial score (nSPS) is 28.3. The predicted octanol–water partition coefficient (Wildman–Crippen LogP) is 2.58. The molecule has 2 heteroatoms. The van der Waals surface area contributed by atoms with Crippen LogP contribution in [0.3, 0.4) is 0 Å². The highest BCUT2D eigenvalue weighted by Gasteiger charge is 2.17. The van der Waals surface area contributed by atoms with Crippen LogP contribution in [-0.2, 0) is 4.74 Å². The van der Waals surface area contributed by atoms with Crippen LogP contribution in [0.5, 0.6) is 0 Å². The molecule has 0 spiro atoms. The quantitative estimate of drug-likeness (QED) is 0.687. The van der Waals surface area contributed by atoms with Gasteiger partial charge in [-0.2, -0.15) is 0 Å². The van der Waals surface area contributed by atoms with Crippen LogP contribution in [0, 0.1) is 5.92 Å². The van der Waals surface area contributed by atoms with Gasteiger partial charge in [0.2, 0.25) is 0 Å². The van der Waals surface area contributed by atoms with Crippen molar-refractivity contribution in [3.05, 3.63) is 0 Å². The van der Waals surface area contributed by atoms with Crippen molar-refractivity contribution in [1.82, 2.24) is 5.32 Å². The molecule has 0 aliphatic carbocycles. The molecule has 2 unspecified atom stereocenters. The van der Waals surface area contributed by atoms with Crippen molar-refractivity contribution in [1.29, 1.82) is 0 Å². The van der Waals surface area contributed by atoms with Gasteiger partial charge in [0.1, 0.15) is 0 Å². The van der Waals surface area contributed by atoms with E-state index in [1.165, 1.54) is 32.2 Å². The maximum absolute atomic E-state index is 5.51. The Morgan fingerprint density at radius 3 is 2.86 bits per heavy atom. The lowest BCUT2D eigenvalue weighted by Crippen LogP contribution is -2.38. The minimum atomic E-state index is 0.450. The molecule has 0 amide bonds. The largest absolute Gasteiger partial charge is 0.378 e. The molecule has 84 valence electrons. The highest BCUT2D eigenvalue weighted by atomic mass is 16.5. The van der Waals surface area contributed by atoms with Crippen LogP contribution < -0.4 is 5.32 Å². The Bertz CT molecular complexity index is 147. The molecule has 0 aromatic heterocycles. The molecular weight excluding hydrogens is 174 g/mol. The second-order valence-corrected chi connectivity index (χ2v) is 4.89. The summed E-state index contributed by atoms with van der Waals surface area (Å²) in [5.41, 5.74) is 0. The van der Waals surface area contributed by atoms with Gasteiger partial charge in [-0.25, -0.2) is 0 Å². The highest BCUT2D eigenvalue weighted by molar-refractivity contribution is 4.74. The third-order valence-electron chi connectivity index (χ3n) is 2.88. The molecule has 1 N–H and O–H groups in total. The van der Waals surface area contributed by atoms with Crippen molar-refractivity contribution in [2.45, 2.75) is 58.6 Å². The standard InChI is InChI=1S/C12H25NO/c1-10(2)5-4-7-13-12-6-8-14-11(3)9-12/h10-13H,4-9H2,1-3H3. The number of hydrogen-bond acceptors (Lipinski definition) is 2. The Morgan fingerprint density at radius 1 is 1.43 bits per heavy atom. The van der Waals surface area contributed by atoms with E-state index in [9.17, 15) is 0 Å². The lowest BCUT2D eigenvalue weighted by molar-refractivity contribution is 0.0133. The van der Waals surface area contributed by atoms with E-state index in [1.54, 1.807) is 0 Å². The van der Waals surface area contributed by atoms with Gasteiger partial charge in [-0.1, -0.05) is 13.8 Å². The predicted molar refractivity (Wildman–Crippen MR) is 60.5 cm³/mol. The summed E-state index contributed by atoms with van der Waals surface area (Å²) in [6.07, 6.45) is 5.47. The third kappa shape index (κ3) is 4.97. The molecule has 1 saturated heterocycles. The second kappa shape index (κ2) is 6.41. The van der Waals surface area contributed by atoms with Gasteiger partial charge in [0, 0.05) is 12.6 Å². The molecule has 14 heavy (non-hydrogen) atoms. The number of hydrogen-bond donors (Lipinski definition) is 1. The van der Waals surface area contributed by atoms with E-state index in [-0.39, 0.29) is 0 Å². The minimum Gasteiger partial charge on any atom is -0.378 e. The fourth-order valence-electron chi connectivity index (χ4n) is 2.00. The van der Waals surface area contributed by atoms with Crippen molar-refractivity contribution < 1.29 is 4.74 Å². The summed E-state index contributed by atoms with van der Waals surface area (Å²) in [5, 5.41) is 3.63. The third-order valence-corrected chi connectivity index (χ3v) is 2.88. The Hall–Kier alpha value is -0.0800. The summed E-state index contributed by atoms with van der Waals surface area (Å²) in [4.78, 5) is 0. The molecule has 0 saturated carbocycles. The van der Waals surface area contributed by atoms with Crippen molar-refractivity contribution in [3.8, 4) is 0 Å². The molecule has 1 aliphatic heterocycles. The molecule has 0 radical (unpaired) electrons. The van der Waals surface area contributed by atoms with E-state index in [1.807, 2.05) is 0 Å². The molecule has 1 fully saturated rings. The molecule has 1 rings (SSSR count). The van der Waals surface area contributed by atoms with Crippen LogP contribution in [0.2, 0.25) is 0 Å². The SMILES string of the molecule is CC(C)CCCNC1CCOC(C)C1. The molecule has 1 heterocycles. The van der Waals surface area contributed by atoms with Crippen molar-refractivity contribution >= 4 is 0 Å². The van der Waals surface area contributed by atoms with Gasteiger partial charge < -0.3 is 10.1 Å². The van der Waals surface area contributed by atoms with Crippen molar-refractivity contribution in [2.24, 2.45) is 5.92 Å². The lowest BCUT2D eigenvalue weighted by atomic mass is 10.0. The maximum Gasteiger partial charge on any atom is 0.0561 e. The van der Waals surface area contributed by atoms with Gasteiger partial charge >= 0.3 is 0 Å². The van der Waals surface area contributed by atoms with Gasteiger partial charge in [0.25, 0.3) is 0 Å². The number of nitrogens with one attached hydrogen (secondary N) is 1. The van der Waals surface area contributed by atoms with E-state index in [0.29, 0.717) is 12.1 Å². The minimum absolute atomic E-state index is 0.450. The van der Waals surface area contributed by atoms with Gasteiger partial charge in [-0.15, -0.1) is 0 Å². The van der Waals surface area contributed by atoms with E-state index < -0.39 is 0 Å². The summed E-state index contributed by atoms with van der Waals surface area (Å²) >= 11 is 0. The zero-order valence-corrected chi connectivity index (χ0v) is 9.88. The molecule has 0 aromatic carbocycles. The summed E-state index contributed by atoms with van der Waals surface area (Å²) in [5.74, 6) is 0.838. The van der Waals surface area contributed by atoms with Gasteiger partial charge in [0.15, 0.2) is 0 Å². The van der Waals surface area contributed by atoms with E-state index in [2.05, 4.69) is 26.1 Å². The number of ether oxygens (including phenoxy) is 1. The summed E-state index contributed by atoms with van der Waals surface area (Å²) in [6.45, 7) is 8.85. The van der Waals surface area contributed by atoms with Gasteiger partial charge in [-0.3, -0.25) is 0 Å². The highest BCUT2D eigenvalue weighted by Crippen LogP contribution is 2.13. The topological polar surface area (TPSA) is 21.3 Å². The molecule has 0 bridgehead atoms. The van der Waals surface area contributed by atoms with Crippen LogP contribution in [0.15, 0.2) is 0 Å². The smallest absolute Gasteiger partial charge is 0.0561 e. The van der Waals surface area contributed by atoms with Crippen molar-refractivity contribution in [3.63, 3.8) is 0 Å². The fraction of sp³-hybridized carbons (Fsp3) is 1.00. The molecule has 2 atom stereocenters. The monoisotopic (exact) mass is 199 g/mol. The average Bonchev–Trinajstić information content (AvgIpc) is 2.12. The van der Waals surface area contributed by atoms with Crippen LogP contribution in [0.1, 0.15) is 46.5 Å². The molecule has 0 aromatic rings. The lowest BCUT2D eigenvalue weighted by Gasteiger charge is -2.28. The average molecular weight is 199 g/mol. The van der Waals surface area contributed by atoms with Gasteiger partial charge in [0.05, 0.1) is 6.10 Å². The number of rotatable bonds is 5.